The molecule has 5 nitrogen and oxygen atoms in total. The minimum atomic E-state index is -0.743. The highest BCUT2D eigenvalue weighted by molar-refractivity contribution is 6.02. The Labute approximate surface area is 163 Å². The molecule has 1 heterocycles. The highest BCUT2D eigenvalue weighted by atomic mass is 16.5. The van der Waals surface area contributed by atoms with Crippen molar-refractivity contribution in [2.45, 2.75) is 18.9 Å². The Morgan fingerprint density at radius 1 is 1.11 bits per heavy atom. The summed E-state index contributed by atoms with van der Waals surface area (Å²) in [6.45, 7) is 0.978. The third-order valence-corrected chi connectivity index (χ3v) is 5.39. The monoisotopic (exact) mass is 377 g/mol. The number of esters is 1. The molecule has 3 aromatic carbocycles. The van der Waals surface area contributed by atoms with E-state index in [4.69, 9.17) is 9.47 Å². The van der Waals surface area contributed by atoms with Gasteiger partial charge >= 0.3 is 5.97 Å². The molecule has 1 saturated heterocycles. The third-order valence-electron chi connectivity index (χ3n) is 5.39. The van der Waals surface area contributed by atoms with E-state index >= 15 is 0 Å². The molecule has 0 aromatic heterocycles. The molecule has 0 unspecified atom stereocenters. The fraction of sp³-hybridized carbons (Fsp3) is 0.304. The molecule has 1 amide bonds. The van der Waals surface area contributed by atoms with E-state index in [0.29, 0.717) is 26.1 Å². The summed E-state index contributed by atoms with van der Waals surface area (Å²) in [5.41, 5.74) is 1.03. The standard InChI is InChI=1S/C23H23NO4/c1-27-23(26)21(24-22(25)17-10-11-28-14-17)13-20-18-8-4-2-6-15(18)12-16-7-3-5-9-19(16)20/h2-9,12,17,21H,10-11,13-14H2,1H3,(H,24,25)/t17-,21+/m0/s1. The van der Waals surface area contributed by atoms with Crippen LogP contribution in [0.1, 0.15) is 12.0 Å². The molecule has 0 bridgehead atoms. The predicted molar refractivity (Wildman–Crippen MR) is 108 cm³/mol. The molecule has 2 atom stereocenters. The topological polar surface area (TPSA) is 64.6 Å². The van der Waals surface area contributed by atoms with E-state index in [0.717, 1.165) is 27.1 Å². The van der Waals surface area contributed by atoms with Crippen molar-refractivity contribution in [2.24, 2.45) is 5.92 Å². The summed E-state index contributed by atoms with van der Waals surface area (Å²) < 4.78 is 10.3. The third kappa shape index (κ3) is 3.58. The molecule has 144 valence electrons. The quantitative estimate of drug-likeness (QED) is 0.548. The molecule has 4 rings (SSSR count). The maximum Gasteiger partial charge on any atom is 0.328 e. The second kappa shape index (κ2) is 7.98. The summed E-state index contributed by atoms with van der Waals surface area (Å²) in [4.78, 5) is 25.1. The van der Waals surface area contributed by atoms with Gasteiger partial charge in [-0.2, -0.15) is 0 Å². The lowest BCUT2D eigenvalue weighted by molar-refractivity contribution is -0.145. The molecular formula is C23H23NO4. The number of nitrogens with one attached hydrogen (secondary N) is 1. The van der Waals surface area contributed by atoms with Crippen LogP contribution >= 0.6 is 0 Å². The zero-order valence-corrected chi connectivity index (χ0v) is 15.8. The lowest BCUT2D eigenvalue weighted by atomic mass is 9.92. The zero-order valence-electron chi connectivity index (χ0n) is 15.8. The van der Waals surface area contributed by atoms with Crippen molar-refractivity contribution in [2.75, 3.05) is 20.3 Å². The van der Waals surface area contributed by atoms with Crippen LogP contribution in [0.25, 0.3) is 21.5 Å². The molecular weight excluding hydrogens is 354 g/mol. The summed E-state index contributed by atoms with van der Waals surface area (Å²) in [7, 11) is 1.35. The summed E-state index contributed by atoms with van der Waals surface area (Å²) >= 11 is 0. The van der Waals surface area contributed by atoms with Crippen molar-refractivity contribution >= 4 is 33.4 Å². The number of rotatable bonds is 5. The van der Waals surface area contributed by atoms with E-state index in [1.54, 1.807) is 0 Å². The van der Waals surface area contributed by atoms with Crippen LogP contribution in [-0.4, -0.2) is 38.2 Å². The van der Waals surface area contributed by atoms with E-state index < -0.39 is 12.0 Å². The average Bonchev–Trinajstić information content (AvgIpc) is 3.27. The van der Waals surface area contributed by atoms with Crippen molar-refractivity contribution in [3.05, 3.63) is 60.2 Å². The maximum absolute atomic E-state index is 12.6. The highest BCUT2D eigenvalue weighted by Gasteiger charge is 2.29. The smallest absolute Gasteiger partial charge is 0.328 e. The van der Waals surface area contributed by atoms with Crippen LogP contribution in [-0.2, 0) is 25.5 Å². The van der Waals surface area contributed by atoms with Crippen LogP contribution in [0.3, 0.4) is 0 Å². The lowest BCUT2D eigenvalue weighted by Gasteiger charge is -2.20. The fourth-order valence-electron chi connectivity index (χ4n) is 3.90. The number of methoxy groups -OCH3 is 1. The number of hydrogen-bond acceptors (Lipinski definition) is 4. The Bertz CT molecular complexity index is 969. The minimum absolute atomic E-state index is 0.155. The van der Waals surface area contributed by atoms with E-state index in [-0.39, 0.29) is 11.8 Å². The first kappa shape index (κ1) is 18.4. The molecule has 0 saturated carbocycles. The number of amides is 1. The molecule has 3 aromatic rings. The SMILES string of the molecule is COC(=O)[C@@H](Cc1c2ccccc2cc2ccccc12)NC(=O)[C@H]1CCOC1. The summed E-state index contributed by atoms with van der Waals surface area (Å²) in [5.74, 6) is -0.807. The number of hydrogen-bond donors (Lipinski definition) is 1. The molecule has 1 fully saturated rings. The van der Waals surface area contributed by atoms with Crippen molar-refractivity contribution in [3.63, 3.8) is 0 Å². The summed E-state index contributed by atoms with van der Waals surface area (Å²) in [5, 5.41) is 7.26. The summed E-state index contributed by atoms with van der Waals surface area (Å²) in [6, 6.07) is 17.6. The number of fused-ring (bicyclic) bond motifs is 2. The number of ether oxygens (including phenoxy) is 2. The number of carbonyl (C=O) groups excluding carboxylic acids is 2. The zero-order chi connectivity index (χ0) is 19.5. The predicted octanol–water partition coefficient (Wildman–Crippen LogP) is 3.23. The minimum Gasteiger partial charge on any atom is -0.467 e. The van der Waals surface area contributed by atoms with Gasteiger partial charge in [0.2, 0.25) is 5.91 Å². The second-order valence-electron chi connectivity index (χ2n) is 7.15. The first-order valence-electron chi connectivity index (χ1n) is 9.52. The maximum atomic E-state index is 12.6. The van der Waals surface area contributed by atoms with Crippen molar-refractivity contribution in [3.8, 4) is 0 Å². The van der Waals surface area contributed by atoms with Gasteiger partial charge in [-0.05, 0) is 39.6 Å². The van der Waals surface area contributed by atoms with Crippen LogP contribution in [0.5, 0.6) is 0 Å². The first-order chi connectivity index (χ1) is 13.7. The van der Waals surface area contributed by atoms with E-state index in [1.165, 1.54) is 7.11 Å². The van der Waals surface area contributed by atoms with Crippen molar-refractivity contribution in [1.82, 2.24) is 5.32 Å². The molecule has 28 heavy (non-hydrogen) atoms. The highest BCUT2D eigenvalue weighted by Crippen LogP contribution is 2.29. The van der Waals surface area contributed by atoms with E-state index in [9.17, 15) is 9.59 Å². The lowest BCUT2D eigenvalue weighted by Crippen LogP contribution is -2.45. The Morgan fingerprint density at radius 2 is 1.75 bits per heavy atom. The van der Waals surface area contributed by atoms with Crippen molar-refractivity contribution in [1.29, 1.82) is 0 Å². The Morgan fingerprint density at radius 3 is 2.32 bits per heavy atom. The molecule has 5 heteroatoms. The van der Waals surface area contributed by atoms with Gasteiger partial charge in [0.15, 0.2) is 0 Å². The van der Waals surface area contributed by atoms with Gasteiger partial charge in [0, 0.05) is 13.0 Å². The van der Waals surface area contributed by atoms with Gasteiger partial charge < -0.3 is 14.8 Å². The molecule has 0 radical (unpaired) electrons. The van der Waals surface area contributed by atoms with Gasteiger partial charge in [-0.1, -0.05) is 48.5 Å². The van der Waals surface area contributed by atoms with E-state index in [1.807, 2.05) is 24.3 Å². The van der Waals surface area contributed by atoms with Crippen LogP contribution < -0.4 is 5.32 Å². The number of carbonyl (C=O) groups is 2. The molecule has 1 aliphatic heterocycles. The van der Waals surface area contributed by atoms with Crippen LogP contribution in [0.4, 0.5) is 0 Å². The second-order valence-corrected chi connectivity index (χ2v) is 7.15. The molecule has 0 spiro atoms. The van der Waals surface area contributed by atoms with Gasteiger partial charge in [-0.3, -0.25) is 4.79 Å². The van der Waals surface area contributed by atoms with Gasteiger partial charge in [-0.15, -0.1) is 0 Å². The Balaban J connectivity index is 1.73. The number of benzene rings is 3. The van der Waals surface area contributed by atoms with Crippen LogP contribution in [0.15, 0.2) is 54.6 Å². The van der Waals surface area contributed by atoms with Crippen LogP contribution in [0.2, 0.25) is 0 Å². The van der Waals surface area contributed by atoms with Gasteiger partial charge in [-0.25, -0.2) is 4.79 Å². The first-order valence-corrected chi connectivity index (χ1v) is 9.52. The fourth-order valence-corrected chi connectivity index (χ4v) is 3.90. The largest absolute Gasteiger partial charge is 0.467 e. The van der Waals surface area contributed by atoms with Gasteiger partial charge in [0.25, 0.3) is 0 Å². The average molecular weight is 377 g/mol. The van der Waals surface area contributed by atoms with Crippen LogP contribution in [0, 0.1) is 5.92 Å². The Kier molecular flexibility index (Phi) is 5.26. The molecule has 0 aliphatic carbocycles. The molecule has 1 N–H and O–H groups in total. The Hall–Kier alpha value is -2.92. The van der Waals surface area contributed by atoms with E-state index in [2.05, 4.69) is 35.6 Å². The van der Waals surface area contributed by atoms with Gasteiger partial charge in [0.05, 0.1) is 19.6 Å². The summed E-state index contributed by atoms with van der Waals surface area (Å²) in [6.07, 6.45) is 1.05. The molecule has 1 aliphatic rings. The normalized spacial score (nSPS) is 17.5. The van der Waals surface area contributed by atoms with Crippen molar-refractivity contribution < 1.29 is 19.1 Å². The van der Waals surface area contributed by atoms with Gasteiger partial charge in [0.1, 0.15) is 6.04 Å².